The maximum absolute atomic E-state index is 11.6. The first kappa shape index (κ1) is 13.5. The first-order valence-electron chi connectivity index (χ1n) is 6.61. The monoisotopic (exact) mass is 225 g/mol. The Hall–Kier alpha value is -0.530. The van der Waals surface area contributed by atoms with Gasteiger partial charge in [-0.3, -0.25) is 4.79 Å². The summed E-state index contributed by atoms with van der Waals surface area (Å²) in [5, 5.41) is 3.15. The van der Waals surface area contributed by atoms with E-state index in [0.29, 0.717) is 11.5 Å². The zero-order valence-electron chi connectivity index (χ0n) is 11.5. The molecule has 0 aliphatic heterocycles. The molecule has 1 amide bonds. The van der Waals surface area contributed by atoms with Crippen LogP contribution in [0.4, 0.5) is 0 Å². The Balaban J connectivity index is 2.35. The Kier molecular flexibility index (Phi) is 4.40. The predicted molar refractivity (Wildman–Crippen MR) is 68.2 cm³/mol. The molecule has 0 radical (unpaired) electrons. The van der Waals surface area contributed by atoms with Gasteiger partial charge >= 0.3 is 0 Å². The first-order chi connectivity index (χ1) is 7.30. The second-order valence-corrected chi connectivity index (χ2v) is 6.58. The van der Waals surface area contributed by atoms with Gasteiger partial charge in [0.15, 0.2) is 0 Å². The molecule has 1 aliphatic carbocycles. The van der Waals surface area contributed by atoms with Crippen LogP contribution in [0.25, 0.3) is 0 Å². The molecule has 0 bridgehead atoms. The minimum absolute atomic E-state index is 0.111. The van der Waals surface area contributed by atoms with Crippen molar-refractivity contribution in [3.8, 4) is 0 Å². The van der Waals surface area contributed by atoms with Crippen LogP contribution in [0.15, 0.2) is 0 Å². The highest BCUT2D eigenvalue weighted by Gasteiger charge is 2.30. The van der Waals surface area contributed by atoms with Crippen LogP contribution in [0.3, 0.4) is 0 Å². The van der Waals surface area contributed by atoms with Crippen molar-refractivity contribution >= 4 is 5.91 Å². The number of carbonyl (C=O) groups is 1. The Morgan fingerprint density at radius 2 is 1.62 bits per heavy atom. The fraction of sp³-hybridized carbons (Fsp3) is 0.929. The summed E-state index contributed by atoms with van der Waals surface area (Å²) in [7, 11) is 0. The SMILES string of the molecule is CC(C)C(=O)NC1CCC(C(C)(C)C)CC1. The summed E-state index contributed by atoms with van der Waals surface area (Å²) in [6, 6.07) is 0.425. The van der Waals surface area contributed by atoms with E-state index < -0.39 is 0 Å². The molecule has 1 N–H and O–H groups in total. The summed E-state index contributed by atoms with van der Waals surface area (Å²) in [5.74, 6) is 1.14. The number of hydrogen-bond donors (Lipinski definition) is 1. The Morgan fingerprint density at radius 3 is 2.00 bits per heavy atom. The zero-order chi connectivity index (χ0) is 12.3. The Labute approximate surface area is 100 Å². The largest absolute Gasteiger partial charge is 0.353 e. The van der Waals surface area contributed by atoms with Gasteiger partial charge in [0, 0.05) is 12.0 Å². The van der Waals surface area contributed by atoms with Gasteiger partial charge in [-0.05, 0) is 37.0 Å². The first-order valence-corrected chi connectivity index (χ1v) is 6.61. The molecule has 0 aromatic carbocycles. The van der Waals surface area contributed by atoms with Crippen molar-refractivity contribution in [3.63, 3.8) is 0 Å². The Bertz CT molecular complexity index is 232. The topological polar surface area (TPSA) is 29.1 Å². The summed E-state index contributed by atoms with van der Waals surface area (Å²) >= 11 is 0. The van der Waals surface area contributed by atoms with Gasteiger partial charge in [-0.25, -0.2) is 0 Å². The lowest BCUT2D eigenvalue weighted by molar-refractivity contribution is -0.125. The van der Waals surface area contributed by atoms with Crippen LogP contribution in [-0.2, 0) is 4.79 Å². The van der Waals surface area contributed by atoms with Crippen LogP contribution < -0.4 is 5.32 Å². The number of carbonyl (C=O) groups excluding carboxylic acids is 1. The summed E-state index contributed by atoms with van der Waals surface area (Å²) in [6.07, 6.45) is 4.82. The molecule has 2 heteroatoms. The van der Waals surface area contributed by atoms with Crippen molar-refractivity contribution in [1.29, 1.82) is 0 Å². The quantitative estimate of drug-likeness (QED) is 0.767. The summed E-state index contributed by atoms with van der Waals surface area (Å²) in [5.41, 5.74) is 0.424. The molecule has 0 heterocycles. The number of hydrogen-bond acceptors (Lipinski definition) is 1. The average Bonchev–Trinajstić information content (AvgIpc) is 2.17. The molecule has 0 aromatic rings. The number of rotatable bonds is 2. The van der Waals surface area contributed by atoms with Gasteiger partial charge in [-0.15, -0.1) is 0 Å². The molecular formula is C14H27NO. The molecule has 0 atom stereocenters. The molecule has 0 aromatic heterocycles. The maximum atomic E-state index is 11.6. The molecule has 1 aliphatic rings. The predicted octanol–water partition coefficient (Wildman–Crippen LogP) is 3.36. The molecule has 2 nitrogen and oxygen atoms in total. The Morgan fingerprint density at radius 1 is 1.12 bits per heavy atom. The van der Waals surface area contributed by atoms with E-state index in [1.807, 2.05) is 13.8 Å². The smallest absolute Gasteiger partial charge is 0.222 e. The lowest BCUT2D eigenvalue weighted by Gasteiger charge is -2.37. The third-order valence-electron chi connectivity index (χ3n) is 3.82. The van der Waals surface area contributed by atoms with Crippen LogP contribution in [0, 0.1) is 17.3 Å². The fourth-order valence-corrected chi connectivity index (χ4v) is 2.47. The van der Waals surface area contributed by atoms with Crippen molar-refractivity contribution in [3.05, 3.63) is 0 Å². The van der Waals surface area contributed by atoms with Gasteiger partial charge in [-0.1, -0.05) is 34.6 Å². The summed E-state index contributed by atoms with van der Waals surface area (Å²) < 4.78 is 0. The van der Waals surface area contributed by atoms with Crippen LogP contribution >= 0.6 is 0 Å². The fourth-order valence-electron chi connectivity index (χ4n) is 2.47. The van der Waals surface area contributed by atoms with Crippen molar-refractivity contribution in [2.75, 3.05) is 0 Å². The lowest BCUT2D eigenvalue weighted by Crippen LogP contribution is -2.41. The van der Waals surface area contributed by atoms with E-state index in [4.69, 9.17) is 0 Å². The minimum Gasteiger partial charge on any atom is -0.353 e. The van der Waals surface area contributed by atoms with E-state index in [9.17, 15) is 4.79 Å². The molecule has 0 unspecified atom stereocenters. The molecule has 1 rings (SSSR count). The van der Waals surface area contributed by atoms with Crippen LogP contribution in [0.1, 0.15) is 60.3 Å². The third-order valence-corrected chi connectivity index (χ3v) is 3.82. The van der Waals surface area contributed by atoms with Crippen molar-refractivity contribution < 1.29 is 4.79 Å². The van der Waals surface area contributed by atoms with Crippen molar-refractivity contribution in [2.45, 2.75) is 66.3 Å². The molecule has 94 valence electrons. The van der Waals surface area contributed by atoms with Gasteiger partial charge in [0.25, 0.3) is 0 Å². The molecule has 16 heavy (non-hydrogen) atoms. The normalized spacial score (nSPS) is 26.9. The minimum atomic E-state index is 0.111. The molecule has 0 spiro atoms. The van der Waals surface area contributed by atoms with Gasteiger partial charge in [0.2, 0.25) is 5.91 Å². The lowest BCUT2D eigenvalue weighted by atomic mass is 9.71. The molecular weight excluding hydrogens is 198 g/mol. The van der Waals surface area contributed by atoms with Crippen molar-refractivity contribution in [2.24, 2.45) is 17.3 Å². The second kappa shape index (κ2) is 5.20. The van der Waals surface area contributed by atoms with E-state index in [-0.39, 0.29) is 11.8 Å². The molecule has 1 fully saturated rings. The zero-order valence-corrected chi connectivity index (χ0v) is 11.5. The standard InChI is InChI=1S/C14H27NO/c1-10(2)13(16)15-12-8-6-11(7-9-12)14(3,4)5/h10-12H,6-9H2,1-5H3,(H,15,16). The van der Waals surface area contributed by atoms with Gasteiger partial charge in [0.05, 0.1) is 0 Å². The second-order valence-electron chi connectivity index (χ2n) is 6.58. The van der Waals surface area contributed by atoms with Gasteiger partial charge in [0.1, 0.15) is 0 Å². The highest BCUT2D eigenvalue weighted by Crippen LogP contribution is 2.37. The van der Waals surface area contributed by atoms with Crippen LogP contribution in [0.2, 0.25) is 0 Å². The van der Waals surface area contributed by atoms with Gasteiger partial charge in [-0.2, -0.15) is 0 Å². The summed E-state index contributed by atoms with van der Waals surface area (Å²) in [6.45, 7) is 10.9. The molecule has 0 saturated heterocycles. The van der Waals surface area contributed by atoms with E-state index in [1.165, 1.54) is 12.8 Å². The van der Waals surface area contributed by atoms with Gasteiger partial charge < -0.3 is 5.32 Å². The number of nitrogens with one attached hydrogen (secondary N) is 1. The number of amides is 1. The van der Waals surface area contributed by atoms with E-state index in [0.717, 1.165) is 18.8 Å². The highest BCUT2D eigenvalue weighted by molar-refractivity contribution is 5.78. The van der Waals surface area contributed by atoms with Crippen LogP contribution in [0.5, 0.6) is 0 Å². The summed E-state index contributed by atoms with van der Waals surface area (Å²) in [4.78, 5) is 11.6. The van der Waals surface area contributed by atoms with Crippen molar-refractivity contribution in [1.82, 2.24) is 5.32 Å². The van der Waals surface area contributed by atoms with Crippen LogP contribution in [-0.4, -0.2) is 11.9 Å². The van der Waals surface area contributed by atoms with E-state index in [1.54, 1.807) is 0 Å². The molecule has 1 saturated carbocycles. The maximum Gasteiger partial charge on any atom is 0.222 e. The van der Waals surface area contributed by atoms with E-state index in [2.05, 4.69) is 26.1 Å². The van der Waals surface area contributed by atoms with E-state index >= 15 is 0 Å². The average molecular weight is 225 g/mol. The third kappa shape index (κ3) is 3.80. The highest BCUT2D eigenvalue weighted by atomic mass is 16.1.